The van der Waals surface area contributed by atoms with Gasteiger partial charge in [-0.25, -0.2) is 4.57 Å². The van der Waals surface area contributed by atoms with Crippen molar-refractivity contribution < 1.29 is 32.9 Å². The number of rotatable bonds is 55. The number of phosphoric ester groups is 1. The number of hydrogen-bond acceptors (Lipinski definition) is 5. The quantitative estimate of drug-likeness (QED) is 0.0243. The predicted octanol–water partition coefficient (Wildman–Crippen LogP) is 18.5. The molecule has 9 heteroatoms. The van der Waals surface area contributed by atoms with E-state index < -0.39 is 20.0 Å². The molecule has 0 spiro atoms. The van der Waals surface area contributed by atoms with Crippen LogP contribution in [-0.4, -0.2) is 73.4 Å². The molecule has 0 aliphatic heterocycles. The number of nitrogens with one attached hydrogen (secondary N) is 1. The molecule has 3 unspecified atom stereocenters. The SMILES string of the molecule is CCCCCC/C=C\C/C=C\CCCCCCCCCC(=O)NC(COP(=O)(O)OCC[N+](C)(C)C)C(O)/C=C/CC/C=C/CC/C=C/CCCCCCCCCCCCCCCCCCCCCCC. The van der Waals surface area contributed by atoms with Crippen LogP contribution in [0, 0.1) is 0 Å². The van der Waals surface area contributed by atoms with Crippen molar-refractivity contribution in [3.05, 3.63) is 60.8 Å². The number of quaternary nitrogens is 1. The summed E-state index contributed by atoms with van der Waals surface area (Å²) in [5.74, 6) is -0.198. The number of aliphatic hydroxyl groups is 1. The third-order valence-electron chi connectivity index (χ3n) is 13.4. The Morgan fingerprint density at radius 3 is 1.23 bits per heavy atom. The number of likely N-dealkylation sites (N-methyl/N-ethyl adjacent to an activating group) is 1. The molecule has 0 aromatic rings. The van der Waals surface area contributed by atoms with Gasteiger partial charge in [-0.3, -0.25) is 13.8 Å². The minimum Gasteiger partial charge on any atom is -0.387 e. The Labute approximate surface area is 441 Å². The van der Waals surface area contributed by atoms with Crippen LogP contribution >= 0.6 is 7.82 Å². The smallest absolute Gasteiger partial charge is 0.387 e. The molecule has 0 aliphatic carbocycles. The zero-order valence-electron chi connectivity index (χ0n) is 47.5. The van der Waals surface area contributed by atoms with Crippen molar-refractivity contribution in [2.45, 2.75) is 289 Å². The molecule has 0 aromatic heterocycles. The first kappa shape index (κ1) is 69.2. The Hall–Kier alpha value is -1.80. The van der Waals surface area contributed by atoms with Crippen LogP contribution in [0.15, 0.2) is 60.8 Å². The van der Waals surface area contributed by atoms with Gasteiger partial charge in [0.15, 0.2) is 0 Å². The summed E-state index contributed by atoms with van der Waals surface area (Å²) in [7, 11) is 1.54. The zero-order valence-corrected chi connectivity index (χ0v) is 48.4. The van der Waals surface area contributed by atoms with E-state index in [2.05, 4.69) is 67.8 Å². The number of aliphatic hydroxyl groups excluding tert-OH is 1. The molecule has 0 fully saturated rings. The lowest BCUT2D eigenvalue weighted by molar-refractivity contribution is -0.870. The van der Waals surface area contributed by atoms with E-state index in [9.17, 15) is 19.4 Å². The predicted molar refractivity (Wildman–Crippen MR) is 309 cm³/mol. The Kier molecular flexibility index (Phi) is 51.7. The first-order valence-corrected chi connectivity index (χ1v) is 31.7. The largest absolute Gasteiger partial charge is 0.472 e. The number of carbonyl (C=O) groups is 1. The molecular formula is C62H118N2O6P+. The van der Waals surface area contributed by atoms with Crippen LogP contribution in [0.25, 0.3) is 0 Å². The lowest BCUT2D eigenvalue weighted by Gasteiger charge is -2.25. The van der Waals surface area contributed by atoms with Crippen molar-refractivity contribution >= 4 is 13.7 Å². The van der Waals surface area contributed by atoms with Crippen LogP contribution in [0.1, 0.15) is 277 Å². The van der Waals surface area contributed by atoms with Gasteiger partial charge in [0.05, 0.1) is 39.9 Å². The van der Waals surface area contributed by atoms with Crippen LogP contribution in [0.5, 0.6) is 0 Å². The van der Waals surface area contributed by atoms with Crippen molar-refractivity contribution in [3.63, 3.8) is 0 Å². The highest BCUT2D eigenvalue weighted by Gasteiger charge is 2.27. The molecule has 71 heavy (non-hydrogen) atoms. The average molecular weight is 1020 g/mol. The summed E-state index contributed by atoms with van der Waals surface area (Å²) in [5, 5.41) is 13.9. The highest BCUT2D eigenvalue weighted by molar-refractivity contribution is 7.47. The molecule has 1 amide bonds. The summed E-state index contributed by atoms with van der Waals surface area (Å²) in [4.78, 5) is 23.3. The standard InChI is InChI=1S/C62H117N2O6P/c1-6-8-10-12-14-16-18-20-22-24-26-27-28-29-30-31-32-33-34-35-36-37-38-39-41-43-45-47-49-51-53-55-61(65)60(59-70-71(67,68)69-58-57-64(3,4)5)63-62(66)56-54-52-50-48-46-44-42-40-25-23-21-19-17-15-13-11-9-7-2/h17,19,23,25,38-39,45,47,53,55,60-61,65H,6-16,18,20-22,24,26-37,40-44,46,48-52,54,56-59H2,1-5H3,(H-,63,66,67,68)/p+1/b19-17-,25-23-,39-38+,47-45+,55-53+. The summed E-state index contributed by atoms with van der Waals surface area (Å²) in [6, 6.07) is -0.877. The van der Waals surface area contributed by atoms with E-state index in [4.69, 9.17) is 9.05 Å². The Morgan fingerprint density at radius 2 is 0.817 bits per heavy atom. The van der Waals surface area contributed by atoms with E-state index >= 15 is 0 Å². The van der Waals surface area contributed by atoms with Crippen LogP contribution < -0.4 is 5.32 Å². The summed E-state index contributed by atoms with van der Waals surface area (Å²) in [6.45, 7) is 4.78. The van der Waals surface area contributed by atoms with Crippen molar-refractivity contribution in [1.82, 2.24) is 5.32 Å². The van der Waals surface area contributed by atoms with Gasteiger partial charge in [-0.05, 0) is 77.0 Å². The summed E-state index contributed by atoms with van der Waals surface area (Å²) in [6.07, 6.45) is 72.0. The molecule has 0 radical (unpaired) electrons. The number of phosphoric acid groups is 1. The van der Waals surface area contributed by atoms with E-state index in [0.29, 0.717) is 17.4 Å². The molecule has 0 saturated carbocycles. The van der Waals surface area contributed by atoms with Gasteiger partial charge in [0.25, 0.3) is 0 Å². The van der Waals surface area contributed by atoms with Crippen LogP contribution in [0.2, 0.25) is 0 Å². The molecule has 0 aromatic carbocycles. The van der Waals surface area contributed by atoms with E-state index in [0.717, 1.165) is 64.2 Å². The molecule has 3 atom stereocenters. The van der Waals surface area contributed by atoms with Gasteiger partial charge < -0.3 is 19.8 Å². The van der Waals surface area contributed by atoms with E-state index in [1.165, 1.54) is 193 Å². The van der Waals surface area contributed by atoms with Gasteiger partial charge in [-0.2, -0.15) is 0 Å². The molecular weight excluding hydrogens is 900 g/mol. The molecule has 0 aliphatic rings. The fourth-order valence-corrected chi connectivity index (χ4v) is 9.43. The Morgan fingerprint density at radius 1 is 0.479 bits per heavy atom. The highest BCUT2D eigenvalue weighted by atomic mass is 31.2. The Balaban J connectivity index is 4.22. The molecule has 0 rings (SSSR count). The third-order valence-corrected chi connectivity index (χ3v) is 14.4. The van der Waals surface area contributed by atoms with Gasteiger partial charge >= 0.3 is 7.82 Å². The minimum absolute atomic E-state index is 0.0501. The fraction of sp³-hybridized carbons (Fsp3) is 0.823. The van der Waals surface area contributed by atoms with Gasteiger partial charge in [-0.15, -0.1) is 0 Å². The maximum Gasteiger partial charge on any atom is 0.472 e. The number of unbranched alkanes of at least 4 members (excludes halogenated alkanes) is 34. The van der Waals surface area contributed by atoms with Gasteiger partial charge in [0.2, 0.25) is 5.91 Å². The van der Waals surface area contributed by atoms with Gasteiger partial charge in [0, 0.05) is 6.42 Å². The maximum atomic E-state index is 13.0. The monoisotopic (exact) mass is 1020 g/mol. The summed E-state index contributed by atoms with van der Waals surface area (Å²) >= 11 is 0. The van der Waals surface area contributed by atoms with Crippen molar-refractivity contribution in [2.24, 2.45) is 0 Å². The van der Waals surface area contributed by atoms with E-state index in [-0.39, 0.29) is 19.1 Å². The van der Waals surface area contributed by atoms with E-state index in [1.54, 1.807) is 6.08 Å². The van der Waals surface area contributed by atoms with Crippen molar-refractivity contribution in [1.29, 1.82) is 0 Å². The first-order chi connectivity index (χ1) is 34.5. The van der Waals surface area contributed by atoms with Crippen molar-refractivity contribution in [3.8, 4) is 0 Å². The molecule has 0 saturated heterocycles. The first-order valence-electron chi connectivity index (χ1n) is 30.2. The Bertz CT molecular complexity index is 1340. The lowest BCUT2D eigenvalue weighted by atomic mass is 10.0. The van der Waals surface area contributed by atoms with Crippen LogP contribution in [-0.2, 0) is 18.4 Å². The number of amides is 1. The number of hydrogen-bond donors (Lipinski definition) is 3. The molecule has 0 bridgehead atoms. The van der Waals surface area contributed by atoms with Crippen molar-refractivity contribution in [2.75, 3.05) is 40.9 Å². The average Bonchev–Trinajstić information content (AvgIpc) is 3.33. The molecule has 416 valence electrons. The minimum atomic E-state index is -4.36. The number of nitrogens with zero attached hydrogens (tertiary/aromatic N) is 1. The second kappa shape index (κ2) is 53.0. The van der Waals surface area contributed by atoms with Crippen LogP contribution in [0.3, 0.4) is 0 Å². The highest BCUT2D eigenvalue weighted by Crippen LogP contribution is 2.43. The summed E-state index contributed by atoms with van der Waals surface area (Å²) < 4.78 is 23.7. The normalized spacial score (nSPS) is 14.3. The van der Waals surface area contributed by atoms with Crippen LogP contribution in [0.4, 0.5) is 0 Å². The lowest BCUT2D eigenvalue weighted by Crippen LogP contribution is -2.45. The second-order valence-electron chi connectivity index (χ2n) is 21.7. The molecule has 8 nitrogen and oxygen atoms in total. The topological polar surface area (TPSA) is 105 Å². The number of carbonyl (C=O) groups excluding carboxylic acids is 1. The third kappa shape index (κ3) is 55.8. The molecule has 3 N–H and O–H groups in total. The fourth-order valence-electron chi connectivity index (χ4n) is 8.69. The zero-order chi connectivity index (χ0) is 52.0. The number of allylic oxidation sites excluding steroid dienone is 9. The van der Waals surface area contributed by atoms with Gasteiger partial charge in [-0.1, -0.05) is 254 Å². The maximum absolute atomic E-state index is 13.0. The molecule has 0 heterocycles. The van der Waals surface area contributed by atoms with E-state index in [1.807, 2.05) is 27.2 Å². The van der Waals surface area contributed by atoms with Gasteiger partial charge in [0.1, 0.15) is 13.2 Å². The summed E-state index contributed by atoms with van der Waals surface area (Å²) in [5.41, 5.74) is 0. The second-order valence-corrected chi connectivity index (χ2v) is 23.2.